The van der Waals surface area contributed by atoms with E-state index in [1.165, 1.54) is 20.5 Å². The average molecular weight is 558 g/mol. The van der Waals surface area contributed by atoms with Gasteiger partial charge in [-0.1, -0.05) is 30.3 Å². The number of nitrogens with zero attached hydrogens (tertiary/aromatic N) is 4. The van der Waals surface area contributed by atoms with Crippen molar-refractivity contribution in [3.05, 3.63) is 59.0 Å². The number of fused-ring (bicyclic) bond motifs is 1. The number of carbonyl (C=O) groups excluding carboxylic acids is 2. The molecule has 4 rings (SSSR count). The largest absolute Gasteiger partial charge is 0.370 e. The topological polar surface area (TPSA) is 164 Å². The van der Waals surface area contributed by atoms with Crippen molar-refractivity contribution in [2.45, 2.75) is 30.2 Å². The maximum atomic E-state index is 13.2. The lowest BCUT2D eigenvalue weighted by molar-refractivity contribution is -0.138. The van der Waals surface area contributed by atoms with Crippen LogP contribution in [0.5, 0.6) is 0 Å². The third kappa shape index (κ3) is 7.05. The van der Waals surface area contributed by atoms with Gasteiger partial charge in [0.1, 0.15) is 0 Å². The summed E-state index contributed by atoms with van der Waals surface area (Å²) in [4.78, 5) is 35.5. The van der Waals surface area contributed by atoms with Gasteiger partial charge in [0.05, 0.1) is 23.0 Å². The lowest BCUT2D eigenvalue weighted by atomic mass is 10.1. The average Bonchev–Trinajstić information content (AvgIpc) is 3.40. The molecule has 1 aromatic heterocycles. The number of carbonyl (C=O) groups is 2. The van der Waals surface area contributed by atoms with Crippen molar-refractivity contribution in [1.29, 1.82) is 0 Å². The molecule has 2 aromatic carbocycles. The van der Waals surface area contributed by atoms with E-state index in [2.05, 4.69) is 15.3 Å². The van der Waals surface area contributed by atoms with Gasteiger partial charge in [-0.05, 0) is 35.7 Å². The zero-order valence-electron chi connectivity index (χ0n) is 20.8. The predicted octanol–water partition coefficient (Wildman–Crippen LogP) is 0.910. The number of piperazine rings is 1. The first-order valence-corrected chi connectivity index (χ1v) is 14.5. The van der Waals surface area contributed by atoms with E-state index in [0.717, 1.165) is 15.8 Å². The summed E-state index contributed by atoms with van der Waals surface area (Å²) < 4.78 is 27.6. The molecule has 0 spiro atoms. The zero-order chi connectivity index (χ0) is 27.1. The molecule has 38 heavy (non-hydrogen) atoms. The van der Waals surface area contributed by atoms with Crippen LogP contribution in [0.2, 0.25) is 0 Å². The number of amides is 2. The Morgan fingerprint density at radius 3 is 2.66 bits per heavy atom. The molecule has 0 aliphatic carbocycles. The maximum Gasteiger partial charge on any atom is 0.243 e. The Bertz CT molecular complexity index is 1410. The van der Waals surface area contributed by atoms with E-state index < -0.39 is 15.9 Å². The van der Waals surface area contributed by atoms with Gasteiger partial charge in [-0.2, -0.15) is 4.31 Å². The third-order valence-electron chi connectivity index (χ3n) is 6.25. The molecule has 13 heteroatoms. The Morgan fingerprint density at radius 2 is 1.95 bits per heavy atom. The van der Waals surface area contributed by atoms with Gasteiger partial charge in [-0.15, -0.1) is 11.3 Å². The van der Waals surface area contributed by atoms with Gasteiger partial charge in [0.25, 0.3) is 0 Å². The van der Waals surface area contributed by atoms with Gasteiger partial charge in [0, 0.05) is 43.7 Å². The predicted molar refractivity (Wildman–Crippen MR) is 147 cm³/mol. The standard InChI is InChI=1S/C25H31N7O4S2/c26-25(27)29-9-3-6-20(15-23-28-10-13-37-23)30-22(33)16-31-11-12-32(17-24(31)34)38(35,36)21-8-7-18-4-1-2-5-19(18)14-21/h1-2,4-5,7-8,10,13-14,20H,3,6,9,11-12,15-17H2,(H,30,33)(H4,26,27,29)/t20-/m0/s1. The second-order valence-corrected chi connectivity index (χ2v) is 11.9. The summed E-state index contributed by atoms with van der Waals surface area (Å²) in [6, 6.07) is 12.2. The highest BCUT2D eigenvalue weighted by Gasteiger charge is 2.33. The molecule has 202 valence electrons. The first-order chi connectivity index (χ1) is 18.2. The number of nitrogens with two attached hydrogens (primary N) is 2. The molecule has 2 heterocycles. The maximum absolute atomic E-state index is 13.2. The molecule has 1 saturated heterocycles. The first-order valence-electron chi connectivity index (χ1n) is 12.2. The van der Waals surface area contributed by atoms with Gasteiger partial charge in [-0.25, -0.2) is 13.4 Å². The third-order valence-corrected chi connectivity index (χ3v) is 8.89. The first kappa shape index (κ1) is 27.5. The number of sulfonamides is 1. The summed E-state index contributed by atoms with van der Waals surface area (Å²) in [5.41, 5.74) is 10.8. The highest BCUT2D eigenvalue weighted by atomic mass is 32.2. The van der Waals surface area contributed by atoms with Crippen molar-refractivity contribution in [1.82, 2.24) is 19.5 Å². The molecular weight excluding hydrogens is 526 g/mol. The normalized spacial score (nSPS) is 15.4. The molecular formula is C25H31N7O4S2. The number of aliphatic imine (C=N–C) groups is 1. The number of hydrogen-bond donors (Lipinski definition) is 3. The summed E-state index contributed by atoms with van der Waals surface area (Å²) in [7, 11) is -3.85. The summed E-state index contributed by atoms with van der Waals surface area (Å²) in [5.74, 6) is -0.710. The van der Waals surface area contributed by atoms with E-state index in [9.17, 15) is 18.0 Å². The number of aromatic nitrogens is 1. The molecule has 1 aliphatic heterocycles. The van der Waals surface area contributed by atoms with Crippen molar-refractivity contribution in [3.8, 4) is 0 Å². The van der Waals surface area contributed by atoms with Gasteiger partial charge < -0.3 is 21.7 Å². The fraction of sp³-hybridized carbons (Fsp3) is 0.360. The van der Waals surface area contributed by atoms with Crippen LogP contribution in [-0.2, 0) is 26.0 Å². The molecule has 2 amide bonds. The van der Waals surface area contributed by atoms with Crippen molar-refractivity contribution >= 4 is 49.9 Å². The lowest BCUT2D eigenvalue weighted by Gasteiger charge is -2.33. The van der Waals surface area contributed by atoms with Crippen LogP contribution in [-0.4, -0.2) is 79.1 Å². The van der Waals surface area contributed by atoms with E-state index in [4.69, 9.17) is 11.5 Å². The minimum absolute atomic E-state index is 0.0193. The number of nitrogens with one attached hydrogen (secondary N) is 1. The summed E-state index contributed by atoms with van der Waals surface area (Å²) in [5, 5.41) is 7.49. The fourth-order valence-electron chi connectivity index (χ4n) is 4.32. The molecule has 1 atom stereocenters. The Hall–Kier alpha value is -3.55. The molecule has 5 N–H and O–H groups in total. The van der Waals surface area contributed by atoms with Crippen LogP contribution in [0.25, 0.3) is 10.8 Å². The highest BCUT2D eigenvalue weighted by Crippen LogP contribution is 2.23. The van der Waals surface area contributed by atoms with E-state index >= 15 is 0 Å². The van der Waals surface area contributed by atoms with Crippen LogP contribution in [0.4, 0.5) is 0 Å². The minimum Gasteiger partial charge on any atom is -0.370 e. The number of hydrogen-bond acceptors (Lipinski definition) is 7. The Kier molecular flexibility index (Phi) is 8.92. The van der Waals surface area contributed by atoms with E-state index in [0.29, 0.717) is 25.8 Å². The fourth-order valence-corrected chi connectivity index (χ4v) is 6.43. The van der Waals surface area contributed by atoms with Crippen LogP contribution in [0.15, 0.2) is 63.9 Å². The zero-order valence-corrected chi connectivity index (χ0v) is 22.5. The van der Waals surface area contributed by atoms with Gasteiger partial charge in [0.15, 0.2) is 5.96 Å². The quantitative estimate of drug-likeness (QED) is 0.179. The molecule has 0 bridgehead atoms. The molecule has 0 unspecified atom stereocenters. The molecule has 3 aromatic rings. The van der Waals surface area contributed by atoms with E-state index in [1.807, 2.05) is 29.6 Å². The second kappa shape index (κ2) is 12.3. The lowest BCUT2D eigenvalue weighted by Crippen LogP contribution is -2.55. The van der Waals surface area contributed by atoms with Crippen LogP contribution < -0.4 is 16.8 Å². The van der Waals surface area contributed by atoms with Crippen LogP contribution in [0, 0.1) is 0 Å². The number of guanidine groups is 1. The second-order valence-electron chi connectivity index (χ2n) is 9.01. The molecule has 1 fully saturated rings. The molecule has 0 radical (unpaired) electrons. The van der Waals surface area contributed by atoms with Crippen molar-refractivity contribution < 1.29 is 18.0 Å². The Balaban J connectivity index is 1.34. The highest BCUT2D eigenvalue weighted by molar-refractivity contribution is 7.89. The van der Waals surface area contributed by atoms with Crippen molar-refractivity contribution in [2.75, 3.05) is 32.7 Å². The molecule has 11 nitrogen and oxygen atoms in total. The van der Waals surface area contributed by atoms with E-state index in [1.54, 1.807) is 24.4 Å². The minimum atomic E-state index is -3.85. The SMILES string of the molecule is NC(N)=NCCC[C@@H](Cc1nccs1)NC(=O)CN1CCN(S(=O)(=O)c2ccc3ccccc3c2)CC1=O. The van der Waals surface area contributed by atoms with Crippen LogP contribution in [0.1, 0.15) is 17.8 Å². The molecule has 0 saturated carbocycles. The Morgan fingerprint density at radius 1 is 1.16 bits per heavy atom. The Labute approximate surface area is 225 Å². The van der Waals surface area contributed by atoms with Gasteiger partial charge in [0.2, 0.25) is 21.8 Å². The number of rotatable bonds is 11. The van der Waals surface area contributed by atoms with Crippen LogP contribution >= 0.6 is 11.3 Å². The monoisotopic (exact) mass is 557 g/mol. The van der Waals surface area contributed by atoms with E-state index in [-0.39, 0.29) is 49.0 Å². The summed E-state index contributed by atoms with van der Waals surface area (Å²) in [6.45, 7) is 0.211. The van der Waals surface area contributed by atoms with Crippen molar-refractivity contribution in [3.63, 3.8) is 0 Å². The van der Waals surface area contributed by atoms with Gasteiger partial charge >= 0.3 is 0 Å². The van der Waals surface area contributed by atoms with Crippen LogP contribution in [0.3, 0.4) is 0 Å². The number of thiazole rings is 1. The summed E-state index contributed by atoms with van der Waals surface area (Å²) >= 11 is 1.50. The number of benzene rings is 2. The van der Waals surface area contributed by atoms with Gasteiger partial charge in [-0.3, -0.25) is 14.6 Å². The summed E-state index contributed by atoms with van der Waals surface area (Å²) in [6.07, 6.45) is 3.56. The van der Waals surface area contributed by atoms with Crippen molar-refractivity contribution in [2.24, 2.45) is 16.5 Å². The molecule has 1 aliphatic rings. The smallest absolute Gasteiger partial charge is 0.243 e.